The van der Waals surface area contributed by atoms with E-state index in [1.807, 2.05) is 30.3 Å². The van der Waals surface area contributed by atoms with Crippen molar-refractivity contribution in [3.63, 3.8) is 0 Å². The van der Waals surface area contributed by atoms with Crippen LogP contribution >= 0.6 is 23.2 Å². The van der Waals surface area contributed by atoms with Crippen molar-refractivity contribution in [1.29, 1.82) is 0 Å². The molecule has 0 bridgehead atoms. The SMILES string of the molecule is O=C(c1ccccc1)N1CCCN(C(=O)c2ccc(Cl)c(Cl)c2)CC1. The van der Waals surface area contributed by atoms with Crippen molar-refractivity contribution in [3.05, 3.63) is 69.7 Å². The molecule has 0 radical (unpaired) electrons. The highest BCUT2D eigenvalue weighted by Gasteiger charge is 2.23. The smallest absolute Gasteiger partial charge is 0.253 e. The lowest BCUT2D eigenvalue weighted by atomic mass is 10.2. The zero-order valence-electron chi connectivity index (χ0n) is 13.6. The number of carbonyl (C=O) groups is 2. The number of amides is 2. The molecule has 0 saturated carbocycles. The van der Waals surface area contributed by atoms with Crippen molar-refractivity contribution >= 4 is 35.0 Å². The summed E-state index contributed by atoms with van der Waals surface area (Å²) in [5.41, 5.74) is 1.18. The van der Waals surface area contributed by atoms with Gasteiger partial charge < -0.3 is 9.80 Å². The van der Waals surface area contributed by atoms with Gasteiger partial charge in [-0.15, -0.1) is 0 Å². The minimum Gasteiger partial charge on any atom is -0.337 e. The maximum absolute atomic E-state index is 12.7. The molecule has 0 unspecified atom stereocenters. The van der Waals surface area contributed by atoms with Gasteiger partial charge in [0, 0.05) is 37.3 Å². The largest absolute Gasteiger partial charge is 0.337 e. The van der Waals surface area contributed by atoms with E-state index in [4.69, 9.17) is 23.2 Å². The van der Waals surface area contributed by atoms with Crippen molar-refractivity contribution < 1.29 is 9.59 Å². The molecule has 0 aliphatic carbocycles. The minimum absolute atomic E-state index is 0.00411. The first-order chi connectivity index (χ1) is 12.1. The number of benzene rings is 2. The molecule has 2 amide bonds. The monoisotopic (exact) mass is 376 g/mol. The topological polar surface area (TPSA) is 40.6 Å². The molecule has 2 aromatic carbocycles. The average molecular weight is 377 g/mol. The Bertz CT molecular complexity index is 780. The van der Waals surface area contributed by atoms with Gasteiger partial charge in [-0.05, 0) is 36.8 Å². The summed E-state index contributed by atoms with van der Waals surface area (Å²) in [5.74, 6) is -0.0861. The number of hydrogen-bond acceptors (Lipinski definition) is 2. The standard InChI is InChI=1S/C19H18Cl2N2O2/c20-16-8-7-15(13-17(16)21)19(25)23-10-4-9-22(11-12-23)18(24)14-5-2-1-3-6-14/h1-3,5-8,13H,4,9-12H2. The molecule has 4 nitrogen and oxygen atoms in total. The second-order valence-corrected chi connectivity index (χ2v) is 6.75. The average Bonchev–Trinajstić information content (AvgIpc) is 2.89. The van der Waals surface area contributed by atoms with Crippen molar-refractivity contribution in [3.8, 4) is 0 Å². The van der Waals surface area contributed by atoms with E-state index in [-0.39, 0.29) is 11.8 Å². The van der Waals surface area contributed by atoms with Gasteiger partial charge in [0.25, 0.3) is 11.8 Å². The van der Waals surface area contributed by atoms with Crippen LogP contribution in [-0.2, 0) is 0 Å². The Morgan fingerprint density at radius 1 is 0.720 bits per heavy atom. The van der Waals surface area contributed by atoms with E-state index in [2.05, 4.69) is 0 Å². The summed E-state index contributed by atoms with van der Waals surface area (Å²) in [5, 5.41) is 0.789. The van der Waals surface area contributed by atoms with Crippen molar-refractivity contribution in [2.75, 3.05) is 26.2 Å². The van der Waals surface area contributed by atoms with Gasteiger partial charge in [-0.25, -0.2) is 0 Å². The lowest BCUT2D eigenvalue weighted by Gasteiger charge is -2.22. The maximum Gasteiger partial charge on any atom is 0.253 e. The predicted octanol–water partition coefficient (Wildman–Crippen LogP) is 3.98. The normalized spacial score (nSPS) is 15.0. The van der Waals surface area contributed by atoms with Crippen molar-refractivity contribution in [2.45, 2.75) is 6.42 Å². The fourth-order valence-corrected chi connectivity index (χ4v) is 3.20. The van der Waals surface area contributed by atoms with Crippen LogP contribution in [0.15, 0.2) is 48.5 Å². The highest BCUT2D eigenvalue weighted by Crippen LogP contribution is 2.23. The van der Waals surface area contributed by atoms with E-state index < -0.39 is 0 Å². The van der Waals surface area contributed by atoms with E-state index in [0.29, 0.717) is 47.4 Å². The lowest BCUT2D eigenvalue weighted by Crippen LogP contribution is -2.37. The first-order valence-electron chi connectivity index (χ1n) is 8.15. The number of hydrogen-bond donors (Lipinski definition) is 0. The first kappa shape index (κ1) is 17.8. The van der Waals surface area contributed by atoms with Crippen LogP contribution in [0.5, 0.6) is 0 Å². The summed E-state index contributed by atoms with van der Waals surface area (Å²) in [4.78, 5) is 28.8. The summed E-state index contributed by atoms with van der Waals surface area (Å²) in [6, 6.07) is 14.1. The Kier molecular flexibility index (Phi) is 5.61. The van der Waals surface area contributed by atoms with Crippen LogP contribution in [-0.4, -0.2) is 47.8 Å². The molecule has 6 heteroatoms. The molecular weight excluding hydrogens is 359 g/mol. The molecule has 1 fully saturated rings. The second kappa shape index (κ2) is 7.89. The van der Waals surface area contributed by atoms with Gasteiger partial charge in [0.05, 0.1) is 10.0 Å². The van der Waals surface area contributed by atoms with E-state index in [9.17, 15) is 9.59 Å². The summed E-state index contributed by atoms with van der Waals surface area (Å²) >= 11 is 11.9. The molecular formula is C19H18Cl2N2O2. The Morgan fingerprint density at radius 2 is 1.32 bits per heavy atom. The third-order valence-corrected chi connectivity index (χ3v) is 5.00. The molecule has 1 aliphatic heterocycles. The Hall–Kier alpha value is -2.04. The molecule has 130 valence electrons. The Labute approximate surface area is 156 Å². The fraction of sp³-hybridized carbons (Fsp3) is 0.263. The van der Waals surface area contributed by atoms with Crippen LogP contribution in [0.1, 0.15) is 27.1 Å². The Balaban J connectivity index is 1.68. The summed E-state index contributed by atoms with van der Waals surface area (Å²) in [6.07, 6.45) is 0.742. The van der Waals surface area contributed by atoms with Crippen LogP contribution in [0.2, 0.25) is 10.0 Å². The molecule has 1 heterocycles. The predicted molar refractivity (Wildman–Crippen MR) is 99.3 cm³/mol. The van der Waals surface area contributed by atoms with Gasteiger partial charge in [-0.3, -0.25) is 9.59 Å². The van der Waals surface area contributed by atoms with Crippen molar-refractivity contribution in [1.82, 2.24) is 9.80 Å². The molecule has 0 spiro atoms. The lowest BCUT2D eigenvalue weighted by molar-refractivity contribution is 0.0719. The molecule has 1 aliphatic rings. The Morgan fingerprint density at radius 3 is 1.92 bits per heavy atom. The molecule has 2 aromatic rings. The van der Waals surface area contributed by atoms with E-state index >= 15 is 0 Å². The summed E-state index contributed by atoms with van der Waals surface area (Å²) < 4.78 is 0. The number of nitrogens with zero attached hydrogens (tertiary/aromatic N) is 2. The summed E-state index contributed by atoms with van der Waals surface area (Å²) in [7, 11) is 0. The quantitative estimate of drug-likeness (QED) is 0.794. The third kappa shape index (κ3) is 4.14. The first-order valence-corrected chi connectivity index (χ1v) is 8.90. The molecule has 1 saturated heterocycles. The van der Waals surface area contributed by atoms with E-state index in [1.165, 1.54) is 0 Å². The second-order valence-electron chi connectivity index (χ2n) is 5.93. The zero-order chi connectivity index (χ0) is 17.8. The number of halogens is 2. The van der Waals surface area contributed by atoms with E-state index in [1.54, 1.807) is 28.0 Å². The van der Waals surface area contributed by atoms with Crippen LogP contribution in [0, 0.1) is 0 Å². The van der Waals surface area contributed by atoms with Gasteiger partial charge in [-0.2, -0.15) is 0 Å². The van der Waals surface area contributed by atoms with Crippen LogP contribution < -0.4 is 0 Å². The molecule has 0 atom stereocenters. The van der Waals surface area contributed by atoms with Gasteiger partial charge in [0.15, 0.2) is 0 Å². The number of carbonyl (C=O) groups excluding carboxylic acids is 2. The molecule has 0 N–H and O–H groups in total. The van der Waals surface area contributed by atoms with Crippen LogP contribution in [0.3, 0.4) is 0 Å². The molecule has 25 heavy (non-hydrogen) atoms. The molecule has 0 aromatic heterocycles. The zero-order valence-corrected chi connectivity index (χ0v) is 15.1. The highest BCUT2D eigenvalue weighted by molar-refractivity contribution is 6.42. The van der Waals surface area contributed by atoms with Gasteiger partial charge >= 0.3 is 0 Å². The van der Waals surface area contributed by atoms with Crippen molar-refractivity contribution in [2.24, 2.45) is 0 Å². The van der Waals surface area contributed by atoms with Crippen LogP contribution in [0.25, 0.3) is 0 Å². The highest BCUT2D eigenvalue weighted by atomic mass is 35.5. The maximum atomic E-state index is 12.7. The van der Waals surface area contributed by atoms with Gasteiger partial charge in [-0.1, -0.05) is 41.4 Å². The third-order valence-electron chi connectivity index (χ3n) is 4.26. The minimum atomic E-state index is -0.0902. The molecule has 3 rings (SSSR count). The van der Waals surface area contributed by atoms with Gasteiger partial charge in [0.2, 0.25) is 0 Å². The fourth-order valence-electron chi connectivity index (χ4n) is 2.90. The van der Waals surface area contributed by atoms with Gasteiger partial charge in [0.1, 0.15) is 0 Å². The summed E-state index contributed by atoms with van der Waals surface area (Å²) in [6.45, 7) is 2.26. The number of rotatable bonds is 2. The van der Waals surface area contributed by atoms with E-state index in [0.717, 1.165) is 6.42 Å². The van der Waals surface area contributed by atoms with Crippen LogP contribution in [0.4, 0.5) is 0 Å².